The molecule has 2 aromatic carbocycles. The molecule has 32 heavy (non-hydrogen) atoms. The first-order chi connectivity index (χ1) is 15.2. The number of nitrogens with zero attached hydrogens (tertiary/aromatic N) is 3. The molecule has 3 amide bonds. The van der Waals surface area contributed by atoms with Gasteiger partial charge in [-0.3, -0.25) is 19.3 Å². The zero-order valence-corrected chi connectivity index (χ0v) is 18.2. The number of aromatic nitrogens is 2. The van der Waals surface area contributed by atoms with Gasteiger partial charge in [-0.05, 0) is 76.2 Å². The first kappa shape index (κ1) is 21.2. The number of carbonyl (C=O) groups excluding carboxylic acids is 3. The van der Waals surface area contributed by atoms with Crippen molar-refractivity contribution in [2.45, 2.75) is 33.7 Å². The summed E-state index contributed by atoms with van der Waals surface area (Å²) in [5, 5.41) is 2.78. The molecule has 0 atom stereocenters. The number of imide groups is 1. The van der Waals surface area contributed by atoms with Crippen LogP contribution in [-0.4, -0.2) is 38.6 Å². The number of benzene rings is 2. The summed E-state index contributed by atoms with van der Waals surface area (Å²) in [5.74, 6) is -0.578. The second-order valence-corrected chi connectivity index (χ2v) is 7.85. The van der Waals surface area contributed by atoms with E-state index in [-0.39, 0.29) is 35.3 Å². The Balaban J connectivity index is 1.47. The van der Waals surface area contributed by atoms with Gasteiger partial charge in [0.2, 0.25) is 0 Å². The van der Waals surface area contributed by atoms with E-state index < -0.39 is 0 Å². The molecular weight excluding hydrogens is 408 g/mol. The van der Waals surface area contributed by atoms with Gasteiger partial charge in [0.25, 0.3) is 17.7 Å². The molecule has 162 valence electrons. The van der Waals surface area contributed by atoms with E-state index >= 15 is 0 Å². The lowest BCUT2D eigenvalue weighted by molar-refractivity contribution is 0.0609. The fourth-order valence-electron chi connectivity index (χ4n) is 3.52. The van der Waals surface area contributed by atoms with Crippen LogP contribution in [0.3, 0.4) is 0 Å². The summed E-state index contributed by atoms with van der Waals surface area (Å²) in [5.41, 5.74) is 3.02. The van der Waals surface area contributed by atoms with Crippen molar-refractivity contribution >= 4 is 23.4 Å². The zero-order valence-electron chi connectivity index (χ0n) is 18.2. The Labute approximate surface area is 185 Å². The van der Waals surface area contributed by atoms with Crippen molar-refractivity contribution in [3.05, 3.63) is 76.6 Å². The molecule has 0 saturated heterocycles. The molecule has 8 nitrogen and oxygen atoms in total. The second-order valence-electron chi connectivity index (χ2n) is 7.85. The Bertz CT molecular complexity index is 1210. The van der Waals surface area contributed by atoms with Crippen LogP contribution >= 0.6 is 0 Å². The van der Waals surface area contributed by atoms with Crippen LogP contribution < -0.4 is 10.1 Å². The second kappa shape index (κ2) is 8.22. The zero-order chi connectivity index (χ0) is 23.0. The number of hydrogen-bond acceptors (Lipinski definition) is 6. The fourth-order valence-corrected chi connectivity index (χ4v) is 3.52. The third kappa shape index (κ3) is 4.07. The van der Waals surface area contributed by atoms with E-state index in [2.05, 4.69) is 15.3 Å². The van der Waals surface area contributed by atoms with Crippen molar-refractivity contribution in [2.75, 3.05) is 5.32 Å². The highest BCUT2D eigenvalue weighted by molar-refractivity contribution is 6.22. The lowest BCUT2D eigenvalue weighted by atomic mass is 10.1. The highest BCUT2D eigenvalue weighted by atomic mass is 16.5. The number of rotatable bonds is 5. The van der Waals surface area contributed by atoms with Gasteiger partial charge in [0, 0.05) is 28.7 Å². The number of hydrogen-bond donors (Lipinski definition) is 1. The third-order valence-corrected chi connectivity index (χ3v) is 4.98. The van der Waals surface area contributed by atoms with Crippen LogP contribution in [0.15, 0.2) is 48.5 Å². The van der Waals surface area contributed by atoms with Crippen LogP contribution in [0.2, 0.25) is 0 Å². The molecule has 8 heteroatoms. The van der Waals surface area contributed by atoms with E-state index in [9.17, 15) is 14.4 Å². The van der Waals surface area contributed by atoms with Crippen LogP contribution in [0, 0.1) is 13.8 Å². The van der Waals surface area contributed by atoms with Crippen molar-refractivity contribution in [3.63, 3.8) is 0 Å². The molecule has 0 unspecified atom stereocenters. The van der Waals surface area contributed by atoms with Crippen molar-refractivity contribution in [2.24, 2.45) is 0 Å². The molecule has 1 aliphatic rings. The Morgan fingerprint density at radius 1 is 0.906 bits per heavy atom. The van der Waals surface area contributed by atoms with Crippen molar-refractivity contribution in [1.82, 2.24) is 14.9 Å². The van der Waals surface area contributed by atoms with Crippen LogP contribution in [0.4, 0.5) is 5.69 Å². The van der Waals surface area contributed by atoms with Gasteiger partial charge in [0.1, 0.15) is 5.75 Å². The monoisotopic (exact) mass is 430 g/mol. The van der Waals surface area contributed by atoms with Crippen molar-refractivity contribution < 1.29 is 19.1 Å². The van der Waals surface area contributed by atoms with Gasteiger partial charge in [-0.1, -0.05) is 0 Å². The summed E-state index contributed by atoms with van der Waals surface area (Å²) >= 11 is 0. The van der Waals surface area contributed by atoms with Crippen molar-refractivity contribution in [1.29, 1.82) is 0 Å². The smallest absolute Gasteiger partial charge is 0.322 e. The molecule has 1 N–H and O–H groups in total. The first-order valence-electron chi connectivity index (χ1n) is 10.2. The van der Waals surface area contributed by atoms with E-state index in [4.69, 9.17) is 4.74 Å². The van der Waals surface area contributed by atoms with E-state index in [1.54, 1.807) is 38.1 Å². The summed E-state index contributed by atoms with van der Waals surface area (Å²) in [6, 6.07) is 13.2. The molecule has 0 fully saturated rings. The Morgan fingerprint density at radius 3 is 2.16 bits per heavy atom. The van der Waals surface area contributed by atoms with E-state index in [0.29, 0.717) is 22.6 Å². The minimum atomic E-state index is -0.387. The van der Waals surface area contributed by atoms with Gasteiger partial charge in [-0.25, -0.2) is 9.97 Å². The average Bonchev–Trinajstić information content (AvgIpc) is 2.98. The lowest BCUT2D eigenvalue weighted by Gasteiger charge is -2.17. The van der Waals surface area contributed by atoms with E-state index in [1.165, 1.54) is 23.1 Å². The van der Waals surface area contributed by atoms with Gasteiger partial charge >= 0.3 is 6.01 Å². The largest absolute Gasteiger partial charge is 0.424 e. The number of anilines is 1. The van der Waals surface area contributed by atoms with Gasteiger partial charge < -0.3 is 10.1 Å². The molecule has 0 spiro atoms. The fraction of sp³-hybridized carbons (Fsp3) is 0.208. The molecular formula is C24H22N4O4. The molecule has 0 bridgehead atoms. The molecule has 0 saturated carbocycles. The minimum Gasteiger partial charge on any atom is -0.424 e. The van der Waals surface area contributed by atoms with Crippen LogP contribution in [0.25, 0.3) is 0 Å². The maximum Gasteiger partial charge on any atom is 0.322 e. The summed E-state index contributed by atoms with van der Waals surface area (Å²) < 4.78 is 5.68. The molecule has 3 aromatic rings. The first-order valence-corrected chi connectivity index (χ1v) is 10.2. The molecule has 0 aliphatic carbocycles. The summed E-state index contributed by atoms with van der Waals surface area (Å²) in [6.07, 6.45) is 0. The predicted octanol–water partition coefficient (Wildman–Crippen LogP) is 4.14. The number of nitrogens with one attached hydrogen (secondary N) is 1. The summed E-state index contributed by atoms with van der Waals surface area (Å²) in [6.45, 7) is 7.27. The normalized spacial score (nSPS) is 12.8. The number of amides is 3. The Kier molecular flexibility index (Phi) is 5.44. The number of fused-ring (bicyclic) bond motifs is 1. The number of ether oxygens (including phenoxy) is 1. The topological polar surface area (TPSA) is 101 Å². The van der Waals surface area contributed by atoms with E-state index in [1.807, 2.05) is 19.9 Å². The van der Waals surface area contributed by atoms with Gasteiger partial charge in [-0.2, -0.15) is 0 Å². The van der Waals surface area contributed by atoms with Crippen molar-refractivity contribution in [3.8, 4) is 11.8 Å². The summed E-state index contributed by atoms with van der Waals surface area (Å²) in [7, 11) is 0. The lowest BCUT2D eigenvalue weighted by Crippen LogP contribution is -2.35. The molecule has 0 radical (unpaired) electrons. The maximum absolute atomic E-state index is 12.7. The number of aryl methyl sites for hydroxylation is 2. The SMILES string of the molecule is Cc1cc(C)nc(Oc2ccc(NC(=O)c3ccc4c(c3)C(=O)N(C(C)C)C4=O)cc2)n1. The highest BCUT2D eigenvalue weighted by Gasteiger charge is 2.37. The average molecular weight is 430 g/mol. The highest BCUT2D eigenvalue weighted by Crippen LogP contribution is 2.26. The third-order valence-electron chi connectivity index (χ3n) is 4.98. The van der Waals surface area contributed by atoms with E-state index in [0.717, 1.165) is 11.4 Å². The molecule has 4 rings (SSSR count). The predicted molar refractivity (Wildman–Crippen MR) is 118 cm³/mol. The van der Waals surface area contributed by atoms with Gasteiger partial charge in [-0.15, -0.1) is 0 Å². The summed E-state index contributed by atoms with van der Waals surface area (Å²) in [4.78, 5) is 47.3. The molecule has 2 heterocycles. The minimum absolute atomic E-state index is 0.244. The van der Waals surface area contributed by atoms with Crippen LogP contribution in [0.1, 0.15) is 56.3 Å². The Morgan fingerprint density at radius 2 is 1.53 bits per heavy atom. The maximum atomic E-state index is 12.7. The van der Waals surface area contributed by atoms with Crippen LogP contribution in [0.5, 0.6) is 11.8 Å². The van der Waals surface area contributed by atoms with Crippen LogP contribution in [-0.2, 0) is 0 Å². The van der Waals surface area contributed by atoms with Gasteiger partial charge in [0.15, 0.2) is 0 Å². The number of carbonyl (C=O) groups is 3. The standard InChI is InChI=1S/C24H22N4O4/c1-13(2)28-22(30)19-10-5-16(12-20(19)23(28)31)21(29)27-17-6-8-18(9-7-17)32-24-25-14(3)11-15(4)26-24/h5-13H,1-4H3,(H,27,29). The molecule has 1 aromatic heterocycles. The Hall–Kier alpha value is -4.07. The quantitative estimate of drug-likeness (QED) is 0.611. The van der Waals surface area contributed by atoms with Gasteiger partial charge in [0.05, 0.1) is 11.1 Å². The molecule has 1 aliphatic heterocycles.